The van der Waals surface area contributed by atoms with Gasteiger partial charge in [0, 0.05) is 37.6 Å². The van der Waals surface area contributed by atoms with Crippen LogP contribution in [-0.4, -0.2) is 25.2 Å². The standard InChI is InChI=1S/C17H16ClN5O2/c1-22-10-9-19-16(22)15(11-3-5-12(18)6-4-11)20-17(25)13-7-8-14(24)23(2)21-13/h3-10,15H,1-2H3,(H,20,25)/t15-/m0/s1. The van der Waals surface area contributed by atoms with E-state index in [1.54, 1.807) is 24.5 Å². The number of hydrogen-bond acceptors (Lipinski definition) is 4. The first kappa shape index (κ1) is 16.9. The molecule has 1 N–H and O–H groups in total. The largest absolute Gasteiger partial charge is 0.337 e. The van der Waals surface area contributed by atoms with E-state index in [2.05, 4.69) is 15.4 Å². The number of aromatic nitrogens is 4. The van der Waals surface area contributed by atoms with E-state index in [1.165, 1.54) is 19.2 Å². The zero-order chi connectivity index (χ0) is 18.0. The average molecular weight is 358 g/mol. The molecule has 0 aliphatic rings. The molecule has 0 radical (unpaired) electrons. The first-order chi connectivity index (χ1) is 12.0. The zero-order valence-electron chi connectivity index (χ0n) is 13.7. The molecule has 0 fully saturated rings. The summed E-state index contributed by atoms with van der Waals surface area (Å²) in [6.07, 6.45) is 3.46. The summed E-state index contributed by atoms with van der Waals surface area (Å²) >= 11 is 5.96. The number of nitrogens with one attached hydrogen (secondary N) is 1. The van der Waals surface area contributed by atoms with Gasteiger partial charge in [0.05, 0.1) is 0 Å². The lowest BCUT2D eigenvalue weighted by Gasteiger charge is -2.19. The van der Waals surface area contributed by atoms with E-state index in [0.29, 0.717) is 10.8 Å². The highest BCUT2D eigenvalue weighted by atomic mass is 35.5. The van der Waals surface area contributed by atoms with Crippen LogP contribution in [0.5, 0.6) is 0 Å². The Labute approximate surface area is 148 Å². The third-order valence-corrected chi connectivity index (χ3v) is 4.04. The Kier molecular flexibility index (Phi) is 4.67. The molecule has 3 rings (SSSR count). The number of amides is 1. The number of aryl methyl sites for hydroxylation is 2. The molecule has 8 heteroatoms. The predicted octanol–water partition coefficient (Wildman–Crippen LogP) is 1.69. The van der Waals surface area contributed by atoms with Crippen molar-refractivity contribution in [2.24, 2.45) is 14.1 Å². The van der Waals surface area contributed by atoms with Gasteiger partial charge in [-0.2, -0.15) is 5.10 Å². The van der Waals surface area contributed by atoms with Gasteiger partial charge in [-0.25, -0.2) is 9.67 Å². The summed E-state index contributed by atoms with van der Waals surface area (Å²) in [6.45, 7) is 0. The van der Waals surface area contributed by atoms with E-state index in [9.17, 15) is 9.59 Å². The molecule has 1 atom stereocenters. The average Bonchev–Trinajstić information content (AvgIpc) is 3.01. The molecule has 0 saturated heterocycles. The summed E-state index contributed by atoms with van der Waals surface area (Å²) in [5.41, 5.74) is 0.696. The molecule has 7 nitrogen and oxygen atoms in total. The molecular formula is C17H16ClN5O2. The van der Waals surface area contributed by atoms with Gasteiger partial charge in [-0.15, -0.1) is 0 Å². The Bertz CT molecular complexity index is 962. The van der Waals surface area contributed by atoms with Crippen molar-refractivity contribution in [2.75, 3.05) is 0 Å². The van der Waals surface area contributed by atoms with E-state index >= 15 is 0 Å². The summed E-state index contributed by atoms with van der Waals surface area (Å²) in [6, 6.07) is 9.39. The van der Waals surface area contributed by atoms with Crippen LogP contribution in [0.4, 0.5) is 0 Å². The number of hydrogen-bond donors (Lipinski definition) is 1. The SMILES string of the molecule is Cn1ccnc1[C@@H](NC(=O)c1ccc(=O)n(C)n1)c1ccc(Cl)cc1. The topological polar surface area (TPSA) is 81.8 Å². The minimum Gasteiger partial charge on any atom is -0.337 e. The van der Waals surface area contributed by atoms with Crippen molar-refractivity contribution in [3.63, 3.8) is 0 Å². The number of benzene rings is 1. The molecule has 0 spiro atoms. The summed E-state index contributed by atoms with van der Waals surface area (Å²) in [5.74, 6) is 0.263. The first-order valence-corrected chi connectivity index (χ1v) is 7.91. The van der Waals surface area contributed by atoms with Gasteiger partial charge in [-0.05, 0) is 23.8 Å². The minimum atomic E-state index is -0.483. The summed E-state index contributed by atoms with van der Waals surface area (Å²) in [5, 5.41) is 7.50. The third-order valence-electron chi connectivity index (χ3n) is 3.79. The van der Waals surface area contributed by atoms with Crippen molar-refractivity contribution in [1.29, 1.82) is 0 Å². The van der Waals surface area contributed by atoms with Gasteiger partial charge in [0.1, 0.15) is 17.6 Å². The lowest BCUT2D eigenvalue weighted by molar-refractivity contribution is 0.0934. The third kappa shape index (κ3) is 3.61. The predicted molar refractivity (Wildman–Crippen MR) is 93.4 cm³/mol. The van der Waals surface area contributed by atoms with Crippen LogP contribution < -0.4 is 10.9 Å². The number of rotatable bonds is 4. The normalized spacial score (nSPS) is 12.0. The Morgan fingerprint density at radius 2 is 1.88 bits per heavy atom. The molecule has 2 aromatic heterocycles. The highest BCUT2D eigenvalue weighted by molar-refractivity contribution is 6.30. The summed E-state index contributed by atoms with van der Waals surface area (Å²) in [4.78, 5) is 28.4. The van der Waals surface area contributed by atoms with Crippen molar-refractivity contribution in [1.82, 2.24) is 24.6 Å². The molecule has 0 aliphatic heterocycles. The van der Waals surface area contributed by atoms with E-state index in [0.717, 1.165) is 10.2 Å². The van der Waals surface area contributed by atoms with Gasteiger partial charge in [0.2, 0.25) is 0 Å². The molecule has 3 aromatic rings. The Hall–Kier alpha value is -2.93. The number of carbonyl (C=O) groups excluding carboxylic acids is 1. The molecule has 128 valence electrons. The van der Waals surface area contributed by atoms with E-state index in [4.69, 9.17) is 11.6 Å². The second-order valence-electron chi connectivity index (χ2n) is 5.53. The summed E-state index contributed by atoms with van der Waals surface area (Å²) < 4.78 is 2.95. The quantitative estimate of drug-likeness (QED) is 0.770. The van der Waals surface area contributed by atoms with Crippen molar-refractivity contribution in [3.05, 3.63) is 81.3 Å². The van der Waals surface area contributed by atoms with Crippen LogP contribution >= 0.6 is 11.6 Å². The lowest BCUT2D eigenvalue weighted by atomic mass is 10.1. The number of halogens is 1. The molecular weight excluding hydrogens is 342 g/mol. The minimum absolute atomic E-state index is 0.148. The van der Waals surface area contributed by atoms with E-state index < -0.39 is 11.9 Å². The fourth-order valence-electron chi connectivity index (χ4n) is 2.44. The molecule has 0 unspecified atom stereocenters. The van der Waals surface area contributed by atoms with Crippen LogP contribution in [-0.2, 0) is 14.1 Å². The van der Waals surface area contributed by atoms with Crippen LogP contribution in [0.2, 0.25) is 5.02 Å². The van der Waals surface area contributed by atoms with Crippen molar-refractivity contribution in [2.45, 2.75) is 6.04 Å². The van der Waals surface area contributed by atoms with Gasteiger partial charge in [0.15, 0.2) is 0 Å². The maximum Gasteiger partial charge on any atom is 0.272 e. The monoisotopic (exact) mass is 357 g/mol. The van der Waals surface area contributed by atoms with Crippen molar-refractivity contribution >= 4 is 17.5 Å². The maximum atomic E-state index is 12.6. The molecule has 1 aromatic carbocycles. The number of nitrogens with zero attached hydrogens (tertiary/aromatic N) is 4. The Morgan fingerprint density at radius 3 is 2.48 bits per heavy atom. The molecule has 0 saturated carbocycles. The molecule has 2 heterocycles. The maximum absolute atomic E-state index is 12.6. The highest BCUT2D eigenvalue weighted by Crippen LogP contribution is 2.22. The molecule has 0 aliphatic carbocycles. The Balaban J connectivity index is 1.96. The first-order valence-electron chi connectivity index (χ1n) is 7.53. The molecule has 0 bridgehead atoms. The molecule has 25 heavy (non-hydrogen) atoms. The van der Waals surface area contributed by atoms with Crippen LogP contribution in [0.25, 0.3) is 0 Å². The van der Waals surface area contributed by atoms with Gasteiger partial charge in [-0.3, -0.25) is 9.59 Å². The van der Waals surface area contributed by atoms with Gasteiger partial charge < -0.3 is 9.88 Å². The smallest absolute Gasteiger partial charge is 0.272 e. The van der Waals surface area contributed by atoms with Crippen molar-refractivity contribution in [3.8, 4) is 0 Å². The number of carbonyl (C=O) groups is 1. The van der Waals surface area contributed by atoms with Crippen LogP contribution in [0, 0.1) is 0 Å². The highest BCUT2D eigenvalue weighted by Gasteiger charge is 2.22. The van der Waals surface area contributed by atoms with Crippen LogP contribution in [0.3, 0.4) is 0 Å². The second kappa shape index (κ2) is 6.90. The molecule has 1 amide bonds. The summed E-state index contributed by atoms with van der Waals surface area (Å²) in [7, 11) is 3.34. The van der Waals surface area contributed by atoms with Crippen LogP contribution in [0.15, 0.2) is 53.6 Å². The Morgan fingerprint density at radius 1 is 1.16 bits per heavy atom. The fraction of sp³-hybridized carbons (Fsp3) is 0.176. The van der Waals surface area contributed by atoms with Gasteiger partial charge >= 0.3 is 0 Å². The number of imidazole rings is 1. The lowest BCUT2D eigenvalue weighted by Crippen LogP contribution is -2.33. The van der Waals surface area contributed by atoms with Crippen LogP contribution in [0.1, 0.15) is 27.9 Å². The van der Waals surface area contributed by atoms with Gasteiger partial charge in [0.25, 0.3) is 11.5 Å². The fourth-order valence-corrected chi connectivity index (χ4v) is 2.56. The zero-order valence-corrected chi connectivity index (χ0v) is 14.4. The van der Waals surface area contributed by atoms with Crippen molar-refractivity contribution < 1.29 is 4.79 Å². The van der Waals surface area contributed by atoms with E-state index in [1.807, 2.05) is 23.7 Å². The second-order valence-corrected chi connectivity index (χ2v) is 5.97. The van der Waals surface area contributed by atoms with Gasteiger partial charge in [-0.1, -0.05) is 23.7 Å². The van der Waals surface area contributed by atoms with E-state index in [-0.39, 0.29) is 11.3 Å².